The normalized spacial score (nSPS) is 14.1. The van der Waals surface area contributed by atoms with Crippen molar-refractivity contribution in [3.05, 3.63) is 77.7 Å². The number of amides is 1. The summed E-state index contributed by atoms with van der Waals surface area (Å²) in [6.45, 7) is 6.50. The van der Waals surface area contributed by atoms with Crippen LogP contribution in [0.15, 0.2) is 61.2 Å². The molecule has 1 saturated heterocycles. The van der Waals surface area contributed by atoms with Gasteiger partial charge in [-0.25, -0.2) is 14.8 Å². The van der Waals surface area contributed by atoms with Gasteiger partial charge in [-0.2, -0.15) is 4.74 Å². The molecule has 0 atom stereocenters. The summed E-state index contributed by atoms with van der Waals surface area (Å²) in [6, 6.07) is 12.6. The maximum absolute atomic E-state index is 12.6. The summed E-state index contributed by atoms with van der Waals surface area (Å²) in [5.41, 5.74) is 2.83. The van der Waals surface area contributed by atoms with E-state index in [9.17, 15) is 10.0 Å². The van der Waals surface area contributed by atoms with E-state index in [1.54, 1.807) is 35.4 Å². The molecular formula is C26H26N6O4. The Labute approximate surface area is 208 Å². The molecule has 0 bridgehead atoms. The molecule has 4 heterocycles. The lowest BCUT2D eigenvalue weighted by molar-refractivity contribution is -0.349. The topological polar surface area (TPSA) is 108 Å². The van der Waals surface area contributed by atoms with Crippen molar-refractivity contribution in [2.75, 3.05) is 13.1 Å². The molecule has 10 heteroatoms. The molecule has 1 aliphatic heterocycles. The quantitative estimate of drug-likeness (QED) is 0.168. The van der Waals surface area contributed by atoms with Gasteiger partial charge in [-0.1, -0.05) is 0 Å². The molecule has 4 aromatic rings. The predicted octanol–water partition coefficient (Wildman–Crippen LogP) is 4.74. The molecule has 10 nitrogen and oxygen atoms in total. The Bertz CT molecular complexity index is 1390. The zero-order chi connectivity index (χ0) is 25.1. The van der Waals surface area contributed by atoms with Gasteiger partial charge in [0.15, 0.2) is 5.75 Å². The highest BCUT2D eigenvalue weighted by molar-refractivity contribution is 5.81. The van der Waals surface area contributed by atoms with Gasteiger partial charge < -0.3 is 24.1 Å². The SMILES string of the molecule is C=[N+]([O-])c1ccc(COC(=O)N2CCC(n3ccc4c(Oc5cccnc5C)ncnc43)CC2)cc1. The first-order valence-electron chi connectivity index (χ1n) is 11.7. The first-order chi connectivity index (χ1) is 17.5. The lowest BCUT2D eigenvalue weighted by atomic mass is 10.1. The molecule has 36 heavy (non-hydrogen) atoms. The molecule has 0 spiro atoms. The van der Waals surface area contributed by atoms with E-state index in [-0.39, 0.29) is 18.7 Å². The zero-order valence-electron chi connectivity index (χ0n) is 19.9. The van der Waals surface area contributed by atoms with Gasteiger partial charge >= 0.3 is 6.09 Å². The van der Waals surface area contributed by atoms with Crippen LogP contribution in [-0.4, -0.2) is 55.1 Å². The van der Waals surface area contributed by atoms with Crippen molar-refractivity contribution < 1.29 is 19.0 Å². The second kappa shape index (κ2) is 10.0. The van der Waals surface area contributed by atoms with Crippen molar-refractivity contribution in [3.63, 3.8) is 0 Å². The molecule has 184 valence electrons. The summed E-state index contributed by atoms with van der Waals surface area (Å²) in [5.74, 6) is 1.14. The molecule has 5 rings (SSSR count). The Hall–Kier alpha value is -4.47. The maximum atomic E-state index is 12.6. The van der Waals surface area contributed by atoms with Gasteiger partial charge in [-0.3, -0.25) is 4.98 Å². The van der Waals surface area contributed by atoms with Crippen LogP contribution < -0.4 is 4.74 Å². The molecule has 0 unspecified atom stereocenters. The van der Waals surface area contributed by atoms with Crippen LogP contribution in [0.5, 0.6) is 11.6 Å². The maximum Gasteiger partial charge on any atom is 0.410 e. The van der Waals surface area contributed by atoms with Gasteiger partial charge in [-0.15, -0.1) is 0 Å². The first-order valence-corrected chi connectivity index (χ1v) is 11.7. The number of aromatic nitrogens is 4. The minimum absolute atomic E-state index is 0.146. The van der Waals surface area contributed by atoms with Crippen LogP contribution in [0.4, 0.5) is 10.5 Å². The van der Waals surface area contributed by atoms with E-state index in [0.29, 0.717) is 35.1 Å². The molecule has 3 aromatic heterocycles. The molecule has 0 saturated carbocycles. The Morgan fingerprint density at radius 3 is 2.64 bits per heavy atom. The lowest BCUT2D eigenvalue weighted by Crippen LogP contribution is -2.39. The van der Waals surface area contributed by atoms with Crippen LogP contribution in [0.1, 0.15) is 30.1 Å². The number of hydrogen-bond donors (Lipinski definition) is 0. The van der Waals surface area contributed by atoms with Gasteiger partial charge in [0.2, 0.25) is 11.6 Å². The number of carbonyl (C=O) groups excluding carboxylic acids is 1. The highest BCUT2D eigenvalue weighted by Gasteiger charge is 2.26. The van der Waals surface area contributed by atoms with Crippen LogP contribution in [0.3, 0.4) is 0 Å². The number of rotatable bonds is 6. The van der Waals surface area contributed by atoms with Gasteiger partial charge in [0.25, 0.3) is 0 Å². The van der Waals surface area contributed by atoms with Crippen molar-refractivity contribution in [1.29, 1.82) is 0 Å². The average molecular weight is 487 g/mol. The summed E-state index contributed by atoms with van der Waals surface area (Å²) < 4.78 is 14.2. The number of aryl methyl sites for hydroxylation is 1. The van der Waals surface area contributed by atoms with E-state index in [1.165, 1.54) is 6.33 Å². The molecule has 1 amide bonds. The Kier molecular flexibility index (Phi) is 6.48. The first kappa shape index (κ1) is 23.3. The molecule has 0 aliphatic carbocycles. The smallest absolute Gasteiger partial charge is 0.410 e. The van der Waals surface area contributed by atoms with Crippen LogP contribution in [0.25, 0.3) is 11.0 Å². The fourth-order valence-corrected chi connectivity index (χ4v) is 4.33. The van der Waals surface area contributed by atoms with Crippen molar-refractivity contribution in [3.8, 4) is 11.6 Å². The third kappa shape index (κ3) is 4.83. The second-order valence-electron chi connectivity index (χ2n) is 8.65. The summed E-state index contributed by atoms with van der Waals surface area (Å²) in [4.78, 5) is 27.4. The number of benzene rings is 1. The van der Waals surface area contributed by atoms with E-state index >= 15 is 0 Å². The molecule has 1 aliphatic rings. The van der Waals surface area contributed by atoms with Gasteiger partial charge in [0.1, 0.15) is 25.3 Å². The third-order valence-electron chi connectivity index (χ3n) is 6.34. The number of fused-ring (bicyclic) bond motifs is 1. The highest BCUT2D eigenvalue weighted by atomic mass is 16.6. The van der Waals surface area contributed by atoms with E-state index < -0.39 is 0 Å². The van der Waals surface area contributed by atoms with Crippen LogP contribution >= 0.6 is 0 Å². The summed E-state index contributed by atoms with van der Waals surface area (Å²) in [6.07, 6.45) is 6.43. The fourth-order valence-electron chi connectivity index (χ4n) is 4.33. The van der Waals surface area contributed by atoms with E-state index in [2.05, 4.69) is 26.2 Å². The van der Waals surface area contributed by atoms with Gasteiger partial charge in [0.05, 0.1) is 11.1 Å². The second-order valence-corrected chi connectivity index (χ2v) is 8.65. The number of nitrogens with zero attached hydrogens (tertiary/aromatic N) is 6. The van der Waals surface area contributed by atoms with Gasteiger partial charge in [-0.05, 0) is 55.7 Å². The minimum Gasteiger partial charge on any atom is -0.619 e. The molecule has 0 radical (unpaired) electrons. The molecule has 1 aromatic carbocycles. The number of ether oxygens (including phenoxy) is 2. The fraction of sp³-hybridized carbons (Fsp3) is 0.269. The Morgan fingerprint density at radius 2 is 1.92 bits per heavy atom. The largest absolute Gasteiger partial charge is 0.619 e. The zero-order valence-corrected chi connectivity index (χ0v) is 19.9. The number of likely N-dealkylation sites (tertiary alicyclic amines) is 1. The van der Waals surface area contributed by atoms with Crippen molar-refractivity contribution in [2.45, 2.75) is 32.4 Å². The van der Waals surface area contributed by atoms with Crippen LogP contribution in [0.2, 0.25) is 0 Å². The van der Waals surface area contributed by atoms with E-state index in [1.807, 2.05) is 31.3 Å². The van der Waals surface area contributed by atoms with Crippen LogP contribution in [-0.2, 0) is 11.3 Å². The lowest BCUT2D eigenvalue weighted by Gasteiger charge is -2.32. The van der Waals surface area contributed by atoms with Crippen LogP contribution in [0, 0.1) is 12.1 Å². The van der Waals surface area contributed by atoms with Gasteiger partial charge in [0, 0.05) is 43.7 Å². The average Bonchev–Trinajstić information content (AvgIpc) is 3.34. The summed E-state index contributed by atoms with van der Waals surface area (Å²) >= 11 is 0. The Morgan fingerprint density at radius 1 is 1.14 bits per heavy atom. The minimum atomic E-state index is -0.345. The number of piperidine rings is 1. The number of carbonyl (C=O) groups is 1. The summed E-state index contributed by atoms with van der Waals surface area (Å²) in [5, 5.41) is 12.0. The molecular weight excluding hydrogens is 460 g/mol. The van der Waals surface area contributed by atoms with E-state index in [4.69, 9.17) is 9.47 Å². The van der Waals surface area contributed by atoms with Crippen molar-refractivity contribution in [1.82, 2.24) is 24.4 Å². The van der Waals surface area contributed by atoms with E-state index in [0.717, 1.165) is 35.1 Å². The predicted molar refractivity (Wildman–Crippen MR) is 133 cm³/mol. The van der Waals surface area contributed by atoms with Crippen molar-refractivity contribution >= 4 is 29.5 Å². The number of hydrogen-bond acceptors (Lipinski definition) is 7. The summed E-state index contributed by atoms with van der Waals surface area (Å²) in [7, 11) is 0. The van der Waals surface area contributed by atoms with Crippen molar-refractivity contribution in [2.24, 2.45) is 0 Å². The monoisotopic (exact) mass is 486 g/mol. The molecule has 0 N–H and O–H groups in total. The standard InChI is InChI=1S/C26H26N6O4/c1-18-23(4-3-12-27-18)36-25-22-11-15-32(24(22)28-17-29-25)21-9-13-31(14-10-21)26(33)35-16-19-5-7-20(8-6-19)30(2)34/h3-8,11-12,15,17,21H,2,9-10,13-14,16H2,1H3. The highest BCUT2D eigenvalue weighted by Crippen LogP contribution is 2.32. The third-order valence-corrected chi connectivity index (χ3v) is 6.34. The number of pyridine rings is 1. The Balaban J connectivity index is 1.20. The molecule has 1 fully saturated rings.